The van der Waals surface area contributed by atoms with Crippen LogP contribution in [0.1, 0.15) is 57.3 Å². The highest BCUT2D eigenvalue weighted by molar-refractivity contribution is 7.96. The van der Waals surface area contributed by atoms with Gasteiger partial charge in [0.15, 0.2) is 26.5 Å². The Morgan fingerprint density at radius 3 is 1.85 bits per heavy atom. The fraction of sp³-hybridized carbons (Fsp3) is 0.367. The number of rotatable bonds is 17. The second-order valence-corrected chi connectivity index (χ2v) is 25.1. The number of hydrogen-bond donors (Lipinski definition) is 0. The van der Waals surface area contributed by atoms with E-state index in [0.717, 1.165) is 15.9 Å². The van der Waals surface area contributed by atoms with E-state index < -0.39 is 33.3 Å². The average molecular weight is 847 g/mol. The number of ketones is 2. The third kappa shape index (κ3) is 9.37. The molecule has 2 heterocycles. The molecule has 0 radical (unpaired) electrons. The normalized spacial score (nSPS) is 17.7. The Morgan fingerprint density at radius 2 is 1.37 bits per heavy atom. The lowest BCUT2D eigenvalue weighted by Gasteiger charge is -2.53. The van der Waals surface area contributed by atoms with Crippen molar-refractivity contribution < 1.29 is 33.1 Å². The maximum Gasteiger partial charge on any atom is 0.260 e. The Bertz CT molecular complexity index is 2100. The maximum atomic E-state index is 15.2. The van der Waals surface area contributed by atoms with Gasteiger partial charge in [-0.25, -0.2) is 0 Å². The highest BCUT2D eigenvalue weighted by Gasteiger charge is 2.56. The van der Waals surface area contributed by atoms with Crippen molar-refractivity contribution in [3.8, 4) is 5.75 Å². The van der Waals surface area contributed by atoms with Crippen LogP contribution in [-0.4, -0.2) is 92.0 Å². The summed E-state index contributed by atoms with van der Waals surface area (Å²) >= 11 is 0. The first kappa shape index (κ1) is 44.7. The highest BCUT2D eigenvalue weighted by atomic mass is 31.2. The molecule has 2 aliphatic rings. The van der Waals surface area contributed by atoms with Crippen LogP contribution in [0.2, 0.25) is 18.1 Å². The van der Waals surface area contributed by atoms with Gasteiger partial charge in [0.25, 0.3) is 5.91 Å². The minimum atomic E-state index is -3.09. The molecule has 2 fully saturated rings. The lowest BCUT2D eigenvalue weighted by molar-refractivity contribution is -0.154. The molecule has 4 aromatic rings. The molecular formula is C49H59N2O7PSi. The first-order chi connectivity index (χ1) is 28.7. The van der Waals surface area contributed by atoms with Gasteiger partial charge in [0, 0.05) is 38.4 Å². The van der Waals surface area contributed by atoms with E-state index >= 15 is 9.59 Å². The molecule has 4 aromatic carbocycles. The zero-order valence-electron chi connectivity index (χ0n) is 35.8. The molecule has 316 valence electrons. The summed E-state index contributed by atoms with van der Waals surface area (Å²) in [4.78, 5) is 61.1. The summed E-state index contributed by atoms with van der Waals surface area (Å²) in [5, 5.41) is 2.67. The molecule has 2 amide bonds. The number of Topliss-reactive ketones (excluding diaryl/α,β-unsaturated/α-hetero) is 2. The third-order valence-electron chi connectivity index (χ3n) is 12.2. The molecule has 0 aliphatic carbocycles. The quantitative estimate of drug-likeness (QED) is 0.0359. The largest absolute Gasteiger partial charge is 0.484 e. The van der Waals surface area contributed by atoms with Gasteiger partial charge >= 0.3 is 0 Å². The predicted molar refractivity (Wildman–Crippen MR) is 245 cm³/mol. The standard InChI is InChI=1S/C49H59N2O7PSi/c1-8-9-25-43(52)48(59(39-19-13-10-14-20-39,40-21-15-11-16-22-40)41-23-17-12-18-24-41)51-42(46(47(51)55)36(2)58-60(6,7)49(3,4)5)34-44(53)37-26-28-38(29-27-37)57-35-45(54)50-30-32-56-33-31-50/h8,10-24,26-29,36,42,46H,1,9,25,30-35H2,2-7H3/t36-,42+,46+/m0/s1. The Hall–Kier alpha value is -4.86. The van der Waals surface area contributed by atoms with Gasteiger partial charge in [-0.3, -0.25) is 19.2 Å². The van der Waals surface area contributed by atoms with Crippen molar-refractivity contribution in [2.45, 2.75) is 77.2 Å². The van der Waals surface area contributed by atoms with Gasteiger partial charge in [-0.2, -0.15) is 0 Å². The van der Waals surface area contributed by atoms with Crippen molar-refractivity contribution in [2.75, 3.05) is 32.9 Å². The Balaban J connectivity index is 1.48. The minimum absolute atomic E-state index is 0.0338. The van der Waals surface area contributed by atoms with Crippen LogP contribution in [0, 0.1) is 5.92 Å². The SMILES string of the molecule is C=CCCC(=O)C(N1C(=O)[C@H]([C@H](C)O[Si](C)(C)C(C)(C)C)[C@H]1CC(=O)c1ccc(OCC(=O)N2CCOCC2)cc1)=P(c1ccccc1)(c1ccccc1)c1ccccc1. The molecule has 0 aromatic heterocycles. The average Bonchev–Trinajstić information content (AvgIpc) is 3.25. The summed E-state index contributed by atoms with van der Waals surface area (Å²) in [6.07, 6.45) is 1.75. The van der Waals surface area contributed by atoms with E-state index in [0.29, 0.717) is 49.5 Å². The molecule has 0 saturated carbocycles. The van der Waals surface area contributed by atoms with Crippen molar-refractivity contribution in [1.29, 1.82) is 0 Å². The third-order valence-corrected chi connectivity index (χ3v) is 21.1. The van der Waals surface area contributed by atoms with Gasteiger partial charge in [-0.1, -0.05) is 118 Å². The first-order valence-electron chi connectivity index (χ1n) is 20.9. The number of ether oxygens (including phenoxy) is 2. The van der Waals surface area contributed by atoms with Gasteiger partial charge in [-0.05, 0) is 71.7 Å². The molecule has 0 N–H and O–H groups in total. The summed E-state index contributed by atoms with van der Waals surface area (Å²) < 4.78 is 18.1. The molecule has 0 bridgehead atoms. The van der Waals surface area contributed by atoms with E-state index in [1.165, 1.54) is 0 Å². The van der Waals surface area contributed by atoms with Crippen molar-refractivity contribution >= 4 is 59.9 Å². The fourth-order valence-electron chi connectivity index (χ4n) is 7.97. The summed E-state index contributed by atoms with van der Waals surface area (Å²) in [6.45, 7) is 15.5. The topological polar surface area (TPSA) is 102 Å². The van der Waals surface area contributed by atoms with Crippen LogP contribution >= 0.6 is 6.89 Å². The maximum absolute atomic E-state index is 15.2. The number of benzene rings is 4. The van der Waals surface area contributed by atoms with E-state index in [-0.39, 0.29) is 47.9 Å². The molecule has 6 rings (SSSR count). The number of hydrogen-bond acceptors (Lipinski definition) is 7. The van der Waals surface area contributed by atoms with Crippen LogP contribution in [0.5, 0.6) is 5.75 Å². The van der Waals surface area contributed by atoms with Gasteiger partial charge < -0.3 is 23.7 Å². The number of β-lactam (4-membered cyclic amide) rings is 1. The monoisotopic (exact) mass is 846 g/mol. The van der Waals surface area contributed by atoms with Gasteiger partial charge in [0.05, 0.1) is 36.7 Å². The molecule has 9 nitrogen and oxygen atoms in total. The van der Waals surface area contributed by atoms with E-state index in [2.05, 4.69) is 76.8 Å². The number of morpholine rings is 1. The number of nitrogens with zero attached hydrogens (tertiary/aromatic N) is 2. The molecular weight excluding hydrogens is 788 g/mol. The van der Waals surface area contributed by atoms with E-state index in [1.54, 1.807) is 40.1 Å². The first-order valence-corrected chi connectivity index (χ1v) is 25.6. The number of likely N-dealkylation sites (tertiary alicyclic amines) is 1. The zero-order chi connectivity index (χ0) is 43.1. The Kier molecular flexibility index (Phi) is 14.3. The molecule has 0 unspecified atom stereocenters. The van der Waals surface area contributed by atoms with Gasteiger partial charge in [-0.15, -0.1) is 6.58 Å². The smallest absolute Gasteiger partial charge is 0.260 e. The van der Waals surface area contributed by atoms with Crippen molar-refractivity contribution in [2.24, 2.45) is 5.92 Å². The molecule has 2 aliphatic heterocycles. The zero-order valence-corrected chi connectivity index (χ0v) is 37.7. The van der Waals surface area contributed by atoms with Crippen molar-refractivity contribution in [3.63, 3.8) is 0 Å². The number of carbonyl (C=O) groups is 4. The Morgan fingerprint density at radius 1 is 0.850 bits per heavy atom. The van der Waals surface area contributed by atoms with E-state index in [4.69, 9.17) is 13.9 Å². The molecule has 3 atom stereocenters. The van der Waals surface area contributed by atoms with Crippen LogP contribution in [0.4, 0.5) is 0 Å². The van der Waals surface area contributed by atoms with Crippen molar-refractivity contribution in [1.82, 2.24) is 9.80 Å². The van der Waals surface area contributed by atoms with E-state index in [1.807, 2.05) is 61.5 Å². The van der Waals surface area contributed by atoms with Gasteiger partial charge in [0.2, 0.25) is 5.91 Å². The van der Waals surface area contributed by atoms with Crippen LogP contribution in [0.3, 0.4) is 0 Å². The number of allylic oxidation sites excluding steroid dienone is 1. The Labute approximate surface area is 356 Å². The lowest BCUT2D eigenvalue weighted by atomic mass is 9.79. The molecule has 11 heteroatoms. The van der Waals surface area contributed by atoms with Crippen LogP contribution in [0.25, 0.3) is 0 Å². The second-order valence-electron chi connectivity index (χ2n) is 17.1. The lowest BCUT2D eigenvalue weighted by Crippen LogP contribution is -2.69. The van der Waals surface area contributed by atoms with Gasteiger partial charge in [0.1, 0.15) is 5.75 Å². The highest BCUT2D eigenvalue weighted by Crippen LogP contribution is 2.51. The minimum Gasteiger partial charge on any atom is -0.484 e. The summed E-state index contributed by atoms with van der Waals surface area (Å²) in [7, 11) is -2.37. The molecule has 2 saturated heterocycles. The van der Waals surface area contributed by atoms with E-state index in [9.17, 15) is 9.59 Å². The summed E-state index contributed by atoms with van der Waals surface area (Å²) in [6, 6.07) is 36.1. The van der Waals surface area contributed by atoms with Crippen molar-refractivity contribution in [3.05, 3.63) is 133 Å². The number of amides is 2. The predicted octanol–water partition coefficient (Wildman–Crippen LogP) is 7.39. The molecule has 60 heavy (non-hydrogen) atoms. The van der Waals surface area contributed by atoms with Crippen LogP contribution < -0.4 is 20.7 Å². The van der Waals surface area contributed by atoms with Crippen LogP contribution in [0.15, 0.2) is 128 Å². The summed E-state index contributed by atoms with van der Waals surface area (Å²) in [5.41, 5.74) is 0.854. The summed E-state index contributed by atoms with van der Waals surface area (Å²) in [5.74, 6) is -0.892. The van der Waals surface area contributed by atoms with Crippen LogP contribution in [-0.2, 0) is 23.5 Å². The second kappa shape index (κ2) is 19.2. The number of carbonyl (C=O) groups excluding carboxylic acids is 4. The molecule has 0 spiro atoms. The fourth-order valence-corrected chi connectivity index (χ4v) is 13.9.